The quantitative estimate of drug-likeness (QED) is 0.738. The highest BCUT2D eigenvalue weighted by Crippen LogP contribution is 2.55. The number of hydrogen-bond acceptors (Lipinski definition) is 3. The zero-order valence-corrected chi connectivity index (χ0v) is 11.7. The SMILES string of the molecule is O=C(NCCOC1CCNCC1)C1C2CCCCC21. The van der Waals surface area contributed by atoms with Crippen LogP contribution < -0.4 is 10.6 Å². The van der Waals surface area contributed by atoms with Gasteiger partial charge < -0.3 is 15.4 Å². The predicted molar refractivity (Wildman–Crippen MR) is 73.8 cm³/mol. The summed E-state index contributed by atoms with van der Waals surface area (Å²) in [6, 6.07) is 0. The fourth-order valence-electron chi connectivity index (χ4n) is 3.86. The van der Waals surface area contributed by atoms with Gasteiger partial charge in [-0.25, -0.2) is 0 Å². The molecule has 0 bridgehead atoms. The van der Waals surface area contributed by atoms with Crippen LogP contribution in [0.3, 0.4) is 0 Å². The van der Waals surface area contributed by atoms with Crippen molar-refractivity contribution in [2.45, 2.75) is 44.6 Å². The minimum absolute atomic E-state index is 0.283. The summed E-state index contributed by atoms with van der Waals surface area (Å²) in [5, 5.41) is 6.39. The molecule has 0 aromatic heterocycles. The number of nitrogens with one attached hydrogen (secondary N) is 2. The zero-order chi connectivity index (χ0) is 13.1. The Morgan fingerprint density at radius 2 is 1.79 bits per heavy atom. The Kier molecular flexibility index (Phi) is 4.38. The lowest BCUT2D eigenvalue weighted by atomic mass is 10.0. The van der Waals surface area contributed by atoms with E-state index < -0.39 is 0 Å². The largest absolute Gasteiger partial charge is 0.376 e. The van der Waals surface area contributed by atoms with Crippen LogP contribution in [-0.4, -0.2) is 38.3 Å². The number of ether oxygens (including phenoxy) is 1. The highest BCUT2D eigenvalue weighted by atomic mass is 16.5. The second kappa shape index (κ2) is 6.23. The van der Waals surface area contributed by atoms with Gasteiger partial charge in [0.2, 0.25) is 5.91 Å². The summed E-state index contributed by atoms with van der Waals surface area (Å²) in [7, 11) is 0. The van der Waals surface area contributed by atoms with Crippen molar-refractivity contribution in [3.05, 3.63) is 0 Å². The van der Waals surface area contributed by atoms with Gasteiger partial charge in [-0.1, -0.05) is 12.8 Å². The van der Waals surface area contributed by atoms with Crippen molar-refractivity contribution in [2.24, 2.45) is 17.8 Å². The first-order chi connectivity index (χ1) is 9.36. The molecule has 1 aliphatic heterocycles. The van der Waals surface area contributed by atoms with Crippen LogP contribution in [0.5, 0.6) is 0 Å². The average molecular weight is 266 g/mol. The van der Waals surface area contributed by atoms with Crippen molar-refractivity contribution in [2.75, 3.05) is 26.2 Å². The maximum Gasteiger partial charge on any atom is 0.223 e. The summed E-state index contributed by atoms with van der Waals surface area (Å²) >= 11 is 0. The predicted octanol–water partition coefficient (Wildman–Crippen LogP) is 1.31. The van der Waals surface area contributed by atoms with Crippen LogP contribution in [0.25, 0.3) is 0 Å². The number of amides is 1. The third kappa shape index (κ3) is 3.29. The third-order valence-electron chi connectivity index (χ3n) is 5.00. The highest BCUT2D eigenvalue weighted by molar-refractivity contribution is 5.82. The number of fused-ring (bicyclic) bond motifs is 1. The van der Waals surface area contributed by atoms with Crippen molar-refractivity contribution in [1.82, 2.24) is 10.6 Å². The molecule has 2 saturated carbocycles. The van der Waals surface area contributed by atoms with Crippen LogP contribution in [0.2, 0.25) is 0 Å². The van der Waals surface area contributed by atoms with E-state index >= 15 is 0 Å². The summed E-state index contributed by atoms with van der Waals surface area (Å²) in [5.41, 5.74) is 0. The first kappa shape index (κ1) is 13.4. The molecule has 108 valence electrons. The van der Waals surface area contributed by atoms with Gasteiger partial charge in [0.05, 0.1) is 12.7 Å². The van der Waals surface area contributed by atoms with Gasteiger partial charge in [-0.15, -0.1) is 0 Å². The van der Waals surface area contributed by atoms with Crippen LogP contribution in [0.1, 0.15) is 38.5 Å². The van der Waals surface area contributed by atoms with Crippen LogP contribution >= 0.6 is 0 Å². The molecule has 2 N–H and O–H groups in total. The number of rotatable bonds is 5. The summed E-state index contributed by atoms with van der Waals surface area (Å²) in [6.45, 7) is 3.46. The number of piperidine rings is 1. The lowest BCUT2D eigenvalue weighted by Gasteiger charge is -2.22. The van der Waals surface area contributed by atoms with E-state index in [0.29, 0.717) is 37.0 Å². The molecule has 3 aliphatic rings. The molecule has 2 unspecified atom stereocenters. The minimum Gasteiger partial charge on any atom is -0.376 e. The zero-order valence-electron chi connectivity index (χ0n) is 11.7. The van der Waals surface area contributed by atoms with Crippen molar-refractivity contribution >= 4 is 5.91 Å². The Bertz CT molecular complexity index is 303. The average Bonchev–Trinajstić information content (AvgIpc) is 3.19. The molecule has 19 heavy (non-hydrogen) atoms. The normalized spacial score (nSPS) is 34.6. The molecule has 1 saturated heterocycles. The molecule has 2 aliphatic carbocycles. The van der Waals surface area contributed by atoms with E-state index in [1.165, 1.54) is 25.7 Å². The van der Waals surface area contributed by atoms with Gasteiger partial charge >= 0.3 is 0 Å². The Labute approximate surface area is 115 Å². The second-order valence-electron chi connectivity index (χ2n) is 6.25. The third-order valence-corrected chi connectivity index (χ3v) is 5.00. The molecule has 0 aromatic rings. The molecule has 3 fully saturated rings. The van der Waals surface area contributed by atoms with Crippen molar-refractivity contribution in [3.8, 4) is 0 Å². The van der Waals surface area contributed by atoms with Crippen molar-refractivity contribution in [3.63, 3.8) is 0 Å². The van der Waals surface area contributed by atoms with Gasteiger partial charge in [0.25, 0.3) is 0 Å². The number of hydrogen-bond donors (Lipinski definition) is 2. The van der Waals surface area contributed by atoms with Gasteiger partial charge in [0.15, 0.2) is 0 Å². The van der Waals surface area contributed by atoms with E-state index in [1.54, 1.807) is 0 Å². The van der Waals surface area contributed by atoms with E-state index in [9.17, 15) is 4.79 Å². The minimum atomic E-state index is 0.283. The molecule has 2 atom stereocenters. The summed E-state index contributed by atoms with van der Waals surface area (Å²) in [5.74, 6) is 2.03. The molecule has 0 aromatic carbocycles. The van der Waals surface area contributed by atoms with Gasteiger partial charge in [0, 0.05) is 12.5 Å². The summed E-state index contributed by atoms with van der Waals surface area (Å²) in [6.07, 6.45) is 7.78. The monoisotopic (exact) mass is 266 g/mol. The Morgan fingerprint density at radius 1 is 1.11 bits per heavy atom. The maximum absolute atomic E-state index is 12.0. The fourth-order valence-corrected chi connectivity index (χ4v) is 3.86. The molecule has 4 nitrogen and oxygen atoms in total. The molecular formula is C15H26N2O2. The van der Waals surface area contributed by atoms with E-state index in [1.807, 2.05) is 0 Å². The Hall–Kier alpha value is -0.610. The Balaban J connectivity index is 1.29. The molecule has 0 radical (unpaired) electrons. The topological polar surface area (TPSA) is 50.4 Å². The molecule has 0 spiro atoms. The van der Waals surface area contributed by atoms with Crippen LogP contribution in [0, 0.1) is 17.8 Å². The first-order valence-electron chi connectivity index (χ1n) is 7.96. The van der Waals surface area contributed by atoms with Crippen LogP contribution in [0.4, 0.5) is 0 Å². The molecule has 4 heteroatoms. The maximum atomic E-state index is 12.0. The van der Waals surface area contributed by atoms with Gasteiger partial charge in [0.1, 0.15) is 0 Å². The van der Waals surface area contributed by atoms with E-state index in [-0.39, 0.29) is 5.91 Å². The lowest BCUT2D eigenvalue weighted by Crippen LogP contribution is -2.35. The van der Waals surface area contributed by atoms with Crippen molar-refractivity contribution < 1.29 is 9.53 Å². The first-order valence-corrected chi connectivity index (χ1v) is 7.96. The van der Waals surface area contributed by atoms with E-state index in [0.717, 1.165) is 25.9 Å². The standard InChI is InChI=1S/C15H26N2O2/c18-15(14-12-3-1-2-4-13(12)14)17-9-10-19-11-5-7-16-8-6-11/h11-14,16H,1-10H2,(H,17,18). The smallest absolute Gasteiger partial charge is 0.223 e. The van der Waals surface area contributed by atoms with Gasteiger partial charge in [-0.3, -0.25) is 4.79 Å². The van der Waals surface area contributed by atoms with Crippen molar-refractivity contribution in [1.29, 1.82) is 0 Å². The van der Waals surface area contributed by atoms with Gasteiger partial charge in [-0.05, 0) is 50.6 Å². The van der Waals surface area contributed by atoms with E-state index in [2.05, 4.69) is 10.6 Å². The van der Waals surface area contributed by atoms with Crippen LogP contribution in [-0.2, 0) is 9.53 Å². The summed E-state index contributed by atoms with van der Waals surface area (Å²) in [4.78, 5) is 12.0. The van der Waals surface area contributed by atoms with E-state index in [4.69, 9.17) is 4.74 Å². The molecule has 1 heterocycles. The lowest BCUT2D eigenvalue weighted by molar-refractivity contribution is -0.123. The second-order valence-corrected chi connectivity index (χ2v) is 6.25. The fraction of sp³-hybridized carbons (Fsp3) is 0.933. The molecule has 3 rings (SSSR count). The Morgan fingerprint density at radius 3 is 2.47 bits per heavy atom. The highest BCUT2D eigenvalue weighted by Gasteiger charge is 2.54. The van der Waals surface area contributed by atoms with Crippen LogP contribution in [0.15, 0.2) is 0 Å². The molecule has 1 amide bonds. The summed E-state index contributed by atoms with van der Waals surface area (Å²) < 4.78 is 5.80. The number of carbonyl (C=O) groups excluding carboxylic acids is 1. The number of carbonyl (C=O) groups is 1. The van der Waals surface area contributed by atoms with Gasteiger partial charge in [-0.2, -0.15) is 0 Å². The molecular weight excluding hydrogens is 240 g/mol.